The first-order valence-electron chi connectivity index (χ1n) is 10.3. The van der Waals surface area contributed by atoms with Gasteiger partial charge in [-0.3, -0.25) is 9.48 Å². The molecule has 150 valence electrons. The van der Waals surface area contributed by atoms with E-state index in [0.29, 0.717) is 13.1 Å². The Hall–Kier alpha value is -2.28. The average Bonchev–Trinajstić information content (AvgIpc) is 3.32. The Morgan fingerprint density at radius 1 is 1.36 bits per heavy atom. The molecular weight excluding hydrogens is 352 g/mol. The van der Waals surface area contributed by atoms with Gasteiger partial charge in [0.15, 0.2) is 0 Å². The van der Waals surface area contributed by atoms with Crippen molar-refractivity contribution in [2.24, 2.45) is 5.92 Å². The number of carbonyl (C=O) groups excluding carboxylic acids is 1. The summed E-state index contributed by atoms with van der Waals surface area (Å²) in [5, 5.41) is 8.04. The molecule has 0 radical (unpaired) electrons. The summed E-state index contributed by atoms with van der Waals surface area (Å²) in [6, 6.07) is 0.286. The summed E-state index contributed by atoms with van der Waals surface area (Å²) < 4.78 is 1.97. The minimum atomic E-state index is -0.109. The minimum Gasteiger partial charge on any atom is -0.338 e. The first-order valence-corrected chi connectivity index (χ1v) is 10.3. The van der Waals surface area contributed by atoms with Gasteiger partial charge in [0, 0.05) is 37.0 Å². The number of aryl methyl sites for hydroxylation is 1. The number of aromatic nitrogens is 4. The second kappa shape index (κ2) is 7.62. The van der Waals surface area contributed by atoms with Crippen molar-refractivity contribution in [1.29, 1.82) is 0 Å². The number of carbonyl (C=O) groups is 1. The lowest BCUT2D eigenvalue weighted by atomic mass is 10.0. The molecule has 0 aromatic carbocycles. The molecule has 0 aliphatic carbocycles. The molecule has 1 fully saturated rings. The third-order valence-electron chi connectivity index (χ3n) is 6.25. The molecule has 7 heteroatoms. The van der Waals surface area contributed by atoms with Crippen molar-refractivity contribution >= 4 is 5.91 Å². The highest BCUT2D eigenvalue weighted by Crippen LogP contribution is 2.24. The predicted molar refractivity (Wildman–Crippen MR) is 107 cm³/mol. The summed E-state index contributed by atoms with van der Waals surface area (Å²) in [5.41, 5.74) is 5.56. The molecule has 2 atom stereocenters. The van der Waals surface area contributed by atoms with Crippen molar-refractivity contribution in [3.05, 3.63) is 40.2 Å². The maximum absolute atomic E-state index is 13.0. The minimum absolute atomic E-state index is 0.109. The van der Waals surface area contributed by atoms with Crippen LogP contribution in [0.25, 0.3) is 0 Å². The fourth-order valence-corrected chi connectivity index (χ4v) is 4.21. The Bertz CT molecular complexity index is 883. The van der Waals surface area contributed by atoms with Crippen LogP contribution in [0.5, 0.6) is 0 Å². The van der Waals surface area contributed by atoms with E-state index in [9.17, 15) is 4.79 Å². The van der Waals surface area contributed by atoms with E-state index in [0.717, 1.165) is 54.4 Å². The maximum atomic E-state index is 13.0. The number of fused-ring (bicyclic) bond motifs is 1. The second-order valence-electron chi connectivity index (χ2n) is 8.24. The number of rotatable bonds is 4. The Morgan fingerprint density at radius 2 is 2.18 bits per heavy atom. The Kier molecular flexibility index (Phi) is 5.19. The van der Waals surface area contributed by atoms with Gasteiger partial charge in [0.1, 0.15) is 5.82 Å². The molecule has 1 amide bonds. The van der Waals surface area contributed by atoms with Crippen molar-refractivity contribution in [1.82, 2.24) is 30.0 Å². The summed E-state index contributed by atoms with van der Waals surface area (Å²) in [7, 11) is 0. The monoisotopic (exact) mass is 382 g/mol. The lowest BCUT2D eigenvalue weighted by molar-refractivity contribution is -0.136. The van der Waals surface area contributed by atoms with Gasteiger partial charge in [-0.05, 0) is 45.7 Å². The Labute approximate surface area is 166 Å². The molecule has 0 unspecified atom stereocenters. The Morgan fingerprint density at radius 3 is 2.86 bits per heavy atom. The van der Waals surface area contributed by atoms with Crippen LogP contribution in [0.1, 0.15) is 59.8 Å². The summed E-state index contributed by atoms with van der Waals surface area (Å²) in [6.45, 7) is 11.1. The number of hydrogen-bond donors (Lipinski definition) is 1. The highest BCUT2D eigenvalue weighted by atomic mass is 16.2. The van der Waals surface area contributed by atoms with Gasteiger partial charge < -0.3 is 10.2 Å². The second-order valence-corrected chi connectivity index (χ2v) is 8.24. The third-order valence-corrected chi connectivity index (χ3v) is 6.25. The smallest absolute Gasteiger partial charge is 0.227 e. The van der Waals surface area contributed by atoms with Gasteiger partial charge in [0.2, 0.25) is 5.91 Å². The van der Waals surface area contributed by atoms with E-state index in [1.165, 1.54) is 12.0 Å². The van der Waals surface area contributed by atoms with Crippen LogP contribution in [0.4, 0.5) is 0 Å². The zero-order valence-corrected chi connectivity index (χ0v) is 17.3. The van der Waals surface area contributed by atoms with Crippen LogP contribution in [0, 0.1) is 26.7 Å². The van der Waals surface area contributed by atoms with Gasteiger partial charge in [-0.15, -0.1) is 0 Å². The molecule has 1 N–H and O–H groups in total. The van der Waals surface area contributed by atoms with Crippen molar-refractivity contribution in [3.8, 4) is 0 Å². The van der Waals surface area contributed by atoms with Gasteiger partial charge in [0.05, 0.1) is 29.9 Å². The standard InChI is InChI=1S/C21H30N6O/c1-13(11-27-16(4)14(2)15(3)25-27)21(28)26-9-7-18-17(12-26)10-23-20(24-18)19-6-5-8-22-19/h10,13,19,22H,5-9,11-12H2,1-4H3/t13-,19+/m0/s1. The van der Waals surface area contributed by atoms with Gasteiger partial charge in [-0.2, -0.15) is 5.10 Å². The van der Waals surface area contributed by atoms with Crippen LogP contribution in [-0.2, 0) is 24.3 Å². The van der Waals surface area contributed by atoms with Crippen LogP contribution in [0.15, 0.2) is 6.20 Å². The molecule has 4 heterocycles. The first-order chi connectivity index (χ1) is 13.4. The van der Waals surface area contributed by atoms with Crippen LogP contribution in [0.2, 0.25) is 0 Å². The zero-order valence-electron chi connectivity index (χ0n) is 17.3. The summed E-state index contributed by atoms with van der Waals surface area (Å²) in [4.78, 5) is 24.4. The summed E-state index contributed by atoms with van der Waals surface area (Å²) in [6.07, 6.45) is 5.01. The molecule has 0 saturated carbocycles. The topological polar surface area (TPSA) is 75.9 Å². The van der Waals surface area contributed by atoms with Gasteiger partial charge in [-0.1, -0.05) is 6.92 Å². The lowest BCUT2D eigenvalue weighted by Crippen LogP contribution is -2.40. The fourth-order valence-electron chi connectivity index (χ4n) is 4.21. The van der Waals surface area contributed by atoms with Crippen molar-refractivity contribution < 1.29 is 4.79 Å². The van der Waals surface area contributed by atoms with Gasteiger partial charge >= 0.3 is 0 Å². The molecule has 1 saturated heterocycles. The summed E-state index contributed by atoms with van der Waals surface area (Å²) in [5.74, 6) is 0.975. The van der Waals surface area contributed by atoms with Crippen LogP contribution in [0.3, 0.4) is 0 Å². The van der Waals surface area contributed by atoms with Crippen LogP contribution < -0.4 is 5.32 Å². The van der Waals surface area contributed by atoms with E-state index in [1.54, 1.807) is 0 Å². The van der Waals surface area contributed by atoms with Crippen molar-refractivity contribution in [2.75, 3.05) is 13.1 Å². The van der Waals surface area contributed by atoms with E-state index >= 15 is 0 Å². The molecule has 0 bridgehead atoms. The molecule has 2 aromatic heterocycles. The van der Waals surface area contributed by atoms with Gasteiger partial charge in [0.25, 0.3) is 0 Å². The lowest BCUT2D eigenvalue weighted by Gasteiger charge is -2.30. The number of nitrogens with one attached hydrogen (secondary N) is 1. The fraction of sp³-hybridized carbons (Fsp3) is 0.619. The number of hydrogen-bond acceptors (Lipinski definition) is 5. The van der Waals surface area contributed by atoms with E-state index < -0.39 is 0 Å². The molecule has 2 aromatic rings. The predicted octanol–water partition coefficient (Wildman–Crippen LogP) is 2.24. The molecule has 7 nitrogen and oxygen atoms in total. The molecule has 0 spiro atoms. The molecule has 4 rings (SSSR count). The number of amides is 1. The van der Waals surface area contributed by atoms with Crippen LogP contribution >= 0.6 is 0 Å². The largest absolute Gasteiger partial charge is 0.338 e. The third kappa shape index (κ3) is 3.55. The number of nitrogens with zero attached hydrogens (tertiary/aromatic N) is 5. The van der Waals surface area contributed by atoms with Crippen LogP contribution in [-0.4, -0.2) is 43.6 Å². The molecule has 2 aliphatic heterocycles. The highest BCUT2D eigenvalue weighted by Gasteiger charge is 2.28. The maximum Gasteiger partial charge on any atom is 0.227 e. The van der Waals surface area contributed by atoms with E-state index in [2.05, 4.69) is 29.2 Å². The normalized spacial score (nSPS) is 20.3. The molecule has 2 aliphatic rings. The van der Waals surface area contributed by atoms with E-state index in [1.807, 2.05) is 29.6 Å². The first kappa shape index (κ1) is 19.1. The average molecular weight is 383 g/mol. The zero-order chi connectivity index (χ0) is 19.8. The van der Waals surface area contributed by atoms with E-state index in [-0.39, 0.29) is 17.9 Å². The van der Waals surface area contributed by atoms with Crippen molar-refractivity contribution in [3.63, 3.8) is 0 Å². The summed E-state index contributed by atoms with van der Waals surface area (Å²) >= 11 is 0. The van der Waals surface area contributed by atoms with E-state index in [4.69, 9.17) is 4.98 Å². The quantitative estimate of drug-likeness (QED) is 0.878. The molecule has 28 heavy (non-hydrogen) atoms. The van der Waals surface area contributed by atoms with Crippen molar-refractivity contribution in [2.45, 2.75) is 66.1 Å². The SMILES string of the molecule is Cc1nn(C[C@H](C)C(=O)N2CCc3nc([C@H]4CCCN4)ncc3C2)c(C)c1C. The van der Waals surface area contributed by atoms with Gasteiger partial charge in [-0.25, -0.2) is 9.97 Å². The molecular formula is C21H30N6O. The Balaban J connectivity index is 1.43. The highest BCUT2D eigenvalue weighted by molar-refractivity contribution is 5.78.